The summed E-state index contributed by atoms with van der Waals surface area (Å²) in [4.78, 5) is 24.5. The lowest BCUT2D eigenvalue weighted by atomic mass is 10.1. The Bertz CT molecular complexity index is 800. The third kappa shape index (κ3) is 4.97. The first-order valence-electron chi connectivity index (χ1n) is 8.26. The van der Waals surface area contributed by atoms with Gasteiger partial charge in [0.25, 0.3) is 11.8 Å². The second kappa shape index (κ2) is 9.22. The molecule has 0 saturated carbocycles. The van der Waals surface area contributed by atoms with Crippen LogP contribution in [-0.4, -0.2) is 31.4 Å². The van der Waals surface area contributed by atoms with Crippen LogP contribution < -0.4 is 16.0 Å². The number of halogens is 1. The van der Waals surface area contributed by atoms with E-state index >= 15 is 0 Å². The summed E-state index contributed by atoms with van der Waals surface area (Å²) in [5.41, 5.74) is 3.20. The average molecular weight is 376 g/mol. The molecule has 138 valence electrons. The van der Waals surface area contributed by atoms with E-state index in [1.165, 1.54) is 11.8 Å². The maximum Gasteiger partial charge on any atom is 0.291 e. The maximum atomic E-state index is 12.4. The molecule has 3 rings (SSSR count). The van der Waals surface area contributed by atoms with Gasteiger partial charge in [-0.2, -0.15) is 0 Å². The average Bonchev–Trinajstić information content (AvgIpc) is 3.17. The van der Waals surface area contributed by atoms with Gasteiger partial charge in [-0.25, -0.2) is 0 Å². The molecule has 2 heterocycles. The first-order chi connectivity index (χ1) is 12.1. The van der Waals surface area contributed by atoms with Gasteiger partial charge in [-0.05, 0) is 49.7 Å². The fourth-order valence-corrected chi connectivity index (χ4v) is 2.62. The van der Waals surface area contributed by atoms with Gasteiger partial charge >= 0.3 is 0 Å². The Labute approximate surface area is 158 Å². The van der Waals surface area contributed by atoms with E-state index in [1.807, 2.05) is 13.0 Å². The number of hydrogen-bond acceptors (Lipinski definition) is 4. The largest absolute Gasteiger partial charge is 0.459 e. The molecular formula is C19H22ClN3O3. The predicted octanol–water partition coefficient (Wildman–Crippen LogP) is 2.91. The molecule has 1 aromatic heterocycles. The summed E-state index contributed by atoms with van der Waals surface area (Å²) in [6, 6.07) is 8.50. The van der Waals surface area contributed by atoms with Gasteiger partial charge in [-0.1, -0.05) is 17.7 Å². The summed E-state index contributed by atoms with van der Waals surface area (Å²) in [5, 5.41) is 8.95. The smallest absolute Gasteiger partial charge is 0.291 e. The van der Waals surface area contributed by atoms with Gasteiger partial charge in [-0.15, -0.1) is 12.4 Å². The topological polar surface area (TPSA) is 83.4 Å². The summed E-state index contributed by atoms with van der Waals surface area (Å²) >= 11 is 0. The molecule has 26 heavy (non-hydrogen) atoms. The van der Waals surface area contributed by atoms with Crippen molar-refractivity contribution in [2.75, 3.05) is 25.0 Å². The number of rotatable bonds is 5. The molecular weight excluding hydrogens is 354 g/mol. The van der Waals surface area contributed by atoms with Crippen LogP contribution in [0.1, 0.15) is 32.9 Å². The lowest BCUT2D eigenvalue weighted by Crippen LogP contribution is -2.29. The number of hydrogen-bond donors (Lipinski definition) is 3. The van der Waals surface area contributed by atoms with Crippen molar-refractivity contribution in [3.05, 3.63) is 65.1 Å². The molecule has 0 unspecified atom stereocenters. The van der Waals surface area contributed by atoms with Crippen molar-refractivity contribution in [2.24, 2.45) is 0 Å². The number of carbonyl (C=O) groups is 2. The second-order valence-corrected chi connectivity index (χ2v) is 5.96. The number of carbonyl (C=O) groups excluding carboxylic acids is 2. The molecule has 0 radical (unpaired) electrons. The van der Waals surface area contributed by atoms with Crippen LogP contribution in [0.4, 0.5) is 5.69 Å². The summed E-state index contributed by atoms with van der Waals surface area (Å²) in [6.45, 7) is 4.20. The van der Waals surface area contributed by atoms with E-state index in [9.17, 15) is 9.59 Å². The van der Waals surface area contributed by atoms with Crippen molar-refractivity contribution >= 4 is 29.9 Å². The number of benzene rings is 1. The molecule has 0 atom stereocenters. The molecule has 0 saturated heterocycles. The highest BCUT2D eigenvalue weighted by Crippen LogP contribution is 2.18. The fourth-order valence-electron chi connectivity index (χ4n) is 2.62. The first-order valence-corrected chi connectivity index (χ1v) is 8.26. The summed E-state index contributed by atoms with van der Waals surface area (Å²) in [6.07, 6.45) is 4.49. The molecule has 2 aromatic rings. The molecule has 6 nitrogen and oxygen atoms in total. The fraction of sp³-hybridized carbons (Fsp3) is 0.263. The van der Waals surface area contributed by atoms with Crippen LogP contribution in [0.2, 0.25) is 0 Å². The normalized spacial score (nSPS) is 13.3. The molecule has 3 N–H and O–H groups in total. The van der Waals surface area contributed by atoms with E-state index in [0.717, 1.165) is 25.1 Å². The van der Waals surface area contributed by atoms with E-state index in [2.05, 4.69) is 22.0 Å². The van der Waals surface area contributed by atoms with Gasteiger partial charge in [-0.3, -0.25) is 9.59 Å². The third-order valence-corrected chi connectivity index (χ3v) is 4.13. The van der Waals surface area contributed by atoms with Gasteiger partial charge in [0.2, 0.25) is 0 Å². The molecule has 2 amide bonds. The molecule has 0 bridgehead atoms. The van der Waals surface area contributed by atoms with Gasteiger partial charge in [0, 0.05) is 24.3 Å². The zero-order valence-electron chi connectivity index (χ0n) is 14.5. The minimum Gasteiger partial charge on any atom is -0.459 e. The van der Waals surface area contributed by atoms with Gasteiger partial charge in [0.15, 0.2) is 5.76 Å². The number of furan rings is 1. The van der Waals surface area contributed by atoms with Crippen molar-refractivity contribution in [3.8, 4) is 0 Å². The van der Waals surface area contributed by atoms with E-state index in [1.54, 1.807) is 24.3 Å². The SMILES string of the molecule is Cc1ccc(C(=O)NCC2=CCNCC2)cc1NC(=O)c1ccco1.Cl. The standard InChI is InChI=1S/C19H21N3O3.ClH/c1-13-4-5-15(18(23)21-12-14-6-8-20-9-7-14)11-16(13)22-19(24)17-3-2-10-25-17;/h2-6,10-11,20H,7-9,12H2,1H3,(H,21,23)(H,22,24);1H. The Balaban J connectivity index is 0.00000243. The summed E-state index contributed by atoms with van der Waals surface area (Å²) in [5.74, 6) is -0.273. The maximum absolute atomic E-state index is 12.4. The van der Waals surface area contributed by atoms with E-state index in [0.29, 0.717) is 17.8 Å². The zero-order valence-corrected chi connectivity index (χ0v) is 15.3. The first kappa shape index (κ1) is 19.8. The Morgan fingerprint density at radius 2 is 2.08 bits per heavy atom. The Morgan fingerprint density at radius 3 is 2.77 bits per heavy atom. The van der Waals surface area contributed by atoms with E-state index < -0.39 is 0 Å². The van der Waals surface area contributed by atoms with E-state index in [-0.39, 0.29) is 30.0 Å². The molecule has 0 fully saturated rings. The predicted molar refractivity (Wildman–Crippen MR) is 103 cm³/mol. The zero-order chi connectivity index (χ0) is 17.6. The minimum atomic E-state index is -0.342. The highest BCUT2D eigenvalue weighted by molar-refractivity contribution is 6.03. The number of nitrogens with one attached hydrogen (secondary N) is 3. The Kier molecular flexibility index (Phi) is 7.00. The second-order valence-electron chi connectivity index (χ2n) is 5.96. The number of aryl methyl sites for hydroxylation is 1. The Morgan fingerprint density at radius 1 is 1.23 bits per heavy atom. The molecule has 0 spiro atoms. The van der Waals surface area contributed by atoms with Gasteiger partial charge < -0.3 is 20.4 Å². The molecule has 1 aromatic carbocycles. The quantitative estimate of drug-likeness (QED) is 0.702. The van der Waals surface area contributed by atoms with Crippen LogP contribution in [-0.2, 0) is 0 Å². The lowest BCUT2D eigenvalue weighted by molar-refractivity contribution is 0.0954. The van der Waals surface area contributed by atoms with Crippen LogP contribution in [0.5, 0.6) is 0 Å². The van der Waals surface area contributed by atoms with E-state index in [4.69, 9.17) is 4.42 Å². The molecule has 7 heteroatoms. The van der Waals surface area contributed by atoms with Gasteiger partial charge in [0.1, 0.15) is 0 Å². The monoisotopic (exact) mass is 375 g/mol. The van der Waals surface area contributed by atoms with Crippen LogP contribution in [0.3, 0.4) is 0 Å². The minimum absolute atomic E-state index is 0. The van der Waals surface area contributed by atoms with Crippen molar-refractivity contribution < 1.29 is 14.0 Å². The molecule has 0 aliphatic carbocycles. The van der Waals surface area contributed by atoms with Crippen LogP contribution in [0.15, 0.2) is 52.7 Å². The highest BCUT2D eigenvalue weighted by atomic mass is 35.5. The van der Waals surface area contributed by atoms with Crippen molar-refractivity contribution in [1.29, 1.82) is 0 Å². The number of amides is 2. The van der Waals surface area contributed by atoms with Crippen LogP contribution in [0, 0.1) is 6.92 Å². The lowest BCUT2D eigenvalue weighted by Gasteiger charge is -2.15. The van der Waals surface area contributed by atoms with Crippen molar-refractivity contribution in [2.45, 2.75) is 13.3 Å². The Hall–Kier alpha value is -2.57. The summed E-state index contributed by atoms with van der Waals surface area (Å²) in [7, 11) is 0. The van der Waals surface area contributed by atoms with Crippen LogP contribution in [0.25, 0.3) is 0 Å². The highest BCUT2D eigenvalue weighted by Gasteiger charge is 2.13. The number of anilines is 1. The van der Waals surface area contributed by atoms with Crippen LogP contribution >= 0.6 is 12.4 Å². The van der Waals surface area contributed by atoms with Crippen molar-refractivity contribution in [1.82, 2.24) is 10.6 Å². The van der Waals surface area contributed by atoms with Crippen molar-refractivity contribution in [3.63, 3.8) is 0 Å². The molecule has 1 aliphatic rings. The molecule has 1 aliphatic heterocycles. The van der Waals surface area contributed by atoms with Gasteiger partial charge in [0.05, 0.1) is 6.26 Å². The third-order valence-electron chi connectivity index (χ3n) is 4.13. The summed E-state index contributed by atoms with van der Waals surface area (Å²) < 4.78 is 5.09.